The Labute approximate surface area is 101 Å². The van der Waals surface area contributed by atoms with Crippen LogP contribution in [0.25, 0.3) is 0 Å². The largest absolute Gasteiger partial charge is 0.314 e. The van der Waals surface area contributed by atoms with E-state index in [-0.39, 0.29) is 0 Å². The van der Waals surface area contributed by atoms with Crippen molar-refractivity contribution >= 4 is 0 Å². The summed E-state index contributed by atoms with van der Waals surface area (Å²) < 4.78 is 0. The first-order chi connectivity index (χ1) is 7.74. The summed E-state index contributed by atoms with van der Waals surface area (Å²) in [6.45, 7) is 6.06. The second-order valence-electron chi connectivity index (χ2n) is 6.47. The van der Waals surface area contributed by atoms with Gasteiger partial charge in [-0.3, -0.25) is 0 Å². The molecule has 0 heterocycles. The Hall–Kier alpha value is -0.0400. The molecule has 0 spiro atoms. The Balaban J connectivity index is 1.55. The van der Waals surface area contributed by atoms with E-state index in [9.17, 15) is 0 Å². The quantitative estimate of drug-likeness (QED) is 0.743. The minimum absolute atomic E-state index is 0.754. The molecule has 1 unspecified atom stereocenters. The highest BCUT2D eigenvalue weighted by Gasteiger charge is 2.21. The number of nitrogens with one attached hydrogen (secondary N) is 1. The van der Waals surface area contributed by atoms with Gasteiger partial charge in [-0.05, 0) is 50.5 Å². The highest BCUT2D eigenvalue weighted by molar-refractivity contribution is 4.77. The molecule has 0 aromatic carbocycles. The van der Waals surface area contributed by atoms with Gasteiger partial charge in [0.05, 0.1) is 0 Å². The smallest absolute Gasteiger partial charge is 0.00414 e. The molecule has 0 aromatic rings. The van der Waals surface area contributed by atoms with Crippen molar-refractivity contribution in [1.82, 2.24) is 5.32 Å². The predicted octanol–water partition coefficient (Wildman–Crippen LogP) is 3.98. The fraction of sp³-hybridized carbons (Fsp3) is 1.00. The van der Waals surface area contributed by atoms with E-state index < -0.39 is 0 Å². The van der Waals surface area contributed by atoms with Gasteiger partial charge in [-0.15, -0.1) is 0 Å². The molecule has 1 atom stereocenters. The van der Waals surface area contributed by atoms with Crippen LogP contribution in [0.4, 0.5) is 0 Å². The summed E-state index contributed by atoms with van der Waals surface area (Å²) in [5.41, 5.74) is 0. The molecule has 0 radical (unpaired) electrons. The van der Waals surface area contributed by atoms with Gasteiger partial charge in [0.25, 0.3) is 0 Å². The average Bonchev–Trinajstić information content (AvgIpc) is 2.23. The summed E-state index contributed by atoms with van der Waals surface area (Å²) in [4.78, 5) is 0. The highest BCUT2D eigenvalue weighted by Crippen LogP contribution is 2.31. The Bertz CT molecular complexity index is 190. The van der Waals surface area contributed by atoms with Crippen LogP contribution in [-0.4, -0.2) is 12.6 Å². The van der Waals surface area contributed by atoms with Gasteiger partial charge in [-0.2, -0.15) is 0 Å². The van der Waals surface area contributed by atoms with Crippen molar-refractivity contribution in [1.29, 1.82) is 0 Å². The van der Waals surface area contributed by atoms with E-state index in [1.54, 1.807) is 0 Å². The van der Waals surface area contributed by atoms with E-state index in [2.05, 4.69) is 19.2 Å². The molecule has 2 fully saturated rings. The first-order valence-corrected chi connectivity index (χ1v) is 7.47. The third-order valence-corrected chi connectivity index (χ3v) is 4.80. The molecule has 2 aliphatic carbocycles. The molecule has 1 heteroatoms. The number of hydrogen-bond donors (Lipinski definition) is 1. The standard InChI is InChI=1S/C15H29N/c1-12-6-8-15(9-7-12)11-16-13(2)10-14-4-3-5-14/h12-16H,3-11H2,1-2H3. The van der Waals surface area contributed by atoms with Crippen LogP contribution in [0.5, 0.6) is 0 Å². The molecule has 94 valence electrons. The highest BCUT2D eigenvalue weighted by atomic mass is 14.9. The zero-order chi connectivity index (χ0) is 11.4. The topological polar surface area (TPSA) is 12.0 Å². The Kier molecular flexibility index (Phi) is 4.69. The molecule has 0 amide bonds. The molecule has 1 N–H and O–H groups in total. The summed E-state index contributed by atoms with van der Waals surface area (Å²) in [5, 5.41) is 3.77. The minimum Gasteiger partial charge on any atom is -0.314 e. The van der Waals surface area contributed by atoms with Crippen LogP contribution in [-0.2, 0) is 0 Å². The fourth-order valence-corrected chi connectivity index (χ4v) is 3.21. The lowest BCUT2D eigenvalue weighted by atomic mass is 9.80. The second-order valence-corrected chi connectivity index (χ2v) is 6.47. The summed E-state index contributed by atoms with van der Waals surface area (Å²) in [5.74, 6) is 3.01. The third kappa shape index (κ3) is 3.76. The van der Waals surface area contributed by atoms with Crippen LogP contribution in [0.2, 0.25) is 0 Å². The van der Waals surface area contributed by atoms with Gasteiger partial charge < -0.3 is 5.32 Å². The number of rotatable bonds is 5. The van der Waals surface area contributed by atoms with E-state index in [0.717, 1.165) is 23.8 Å². The lowest BCUT2D eigenvalue weighted by molar-refractivity contribution is 0.243. The lowest BCUT2D eigenvalue weighted by Crippen LogP contribution is -2.35. The molecule has 0 bridgehead atoms. The van der Waals surface area contributed by atoms with Crippen LogP contribution in [0, 0.1) is 17.8 Å². The summed E-state index contributed by atoms with van der Waals surface area (Å²) in [7, 11) is 0. The van der Waals surface area contributed by atoms with Gasteiger partial charge >= 0.3 is 0 Å². The van der Waals surface area contributed by atoms with E-state index >= 15 is 0 Å². The van der Waals surface area contributed by atoms with Crippen molar-refractivity contribution in [3.63, 3.8) is 0 Å². The Morgan fingerprint density at radius 2 is 1.69 bits per heavy atom. The Morgan fingerprint density at radius 3 is 2.25 bits per heavy atom. The molecular formula is C15H29N. The molecule has 2 rings (SSSR count). The van der Waals surface area contributed by atoms with Gasteiger partial charge in [0.2, 0.25) is 0 Å². The predicted molar refractivity (Wildman–Crippen MR) is 70.5 cm³/mol. The summed E-state index contributed by atoms with van der Waals surface area (Å²) >= 11 is 0. The lowest BCUT2D eigenvalue weighted by Gasteiger charge is -2.31. The monoisotopic (exact) mass is 223 g/mol. The van der Waals surface area contributed by atoms with E-state index in [4.69, 9.17) is 0 Å². The zero-order valence-corrected chi connectivity index (χ0v) is 11.2. The summed E-state index contributed by atoms with van der Waals surface area (Å²) in [6, 6.07) is 0.754. The molecule has 2 aliphatic rings. The molecule has 16 heavy (non-hydrogen) atoms. The van der Waals surface area contributed by atoms with Crippen molar-refractivity contribution in [2.24, 2.45) is 17.8 Å². The molecule has 0 aliphatic heterocycles. The average molecular weight is 223 g/mol. The van der Waals surface area contributed by atoms with Crippen molar-refractivity contribution in [3.05, 3.63) is 0 Å². The van der Waals surface area contributed by atoms with Crippen LogP contribution < -0.4 is 5.32 Å². The second kappa shape index (κ2) is 6.05. The van der Waals surface area contributed by atoms with Gasteiger partial charge in [0.1, 0.15) is 0 Å². The molecule has 2 saturated carbocycles. The fourth-order valence-electron chi connectivity index (χ4n) is 3.21. The third-order valence-electron chi connectivity index (χ3n) is 4.80. The van der Waals surface area contributed by atoms with Crippen LogP contribution >= 0.6 is 0 Å². The van der Waals surface area contributed by atoms with Crippen molar-refractivity contribution in [3.8, 4) is 0 Å². The maximum absolute atomic E-state index is 3.77. The van der Waals surface area contributed by atoms with Crippen LogP contribution in [0.1, 0.15) is 65.2 Å². The van der Waals surface area contributed by atoms with Crippen LogP contribution in [0.3, 0.4) is 0 Å². The van der Waals surface area contributed by atoms with Crippen molar-refractivity contribution in [2.75, 3.05) is 6.54 Å². The van der Waals surface area contributed by atoms with Gasteiger partial charge in [0.15, 0.2) is 0 Å². The van der Waals surface area contributed by atoms with Gasteiger partial charge in [-0.25, -0.2) is 0 Å². The minimum atomic E-state index is 0.754. The SMILES string of the molecule is CC1CCC(CNC(C)CC2CCC2)CC1. The molecule has 1 nitrogen and oxygen atoms in total. The molecule has 0 saturated heterocycles. The molecular weight excluding hydrogens is 194 g/mol. The van der Waals surface area contributed by atoms with Gasteiger partial charge in [0, 0.05) is 6.04 Å². The maximum atomic E-state index is 3.77. The first-order valence-electron chi connectivity index (χ1n) is 7.47. The summed E-state index contributed by atoms with van der Waals surface area (Å²) in [6.07, 6.45) is 11.7. The first kappa shape index (κ1) is 12.4. The normalized spacial score (nSPS) is 33.4. The molecule has 0 aromatic heterocycles. The van der Waals surface area contributed by atoms with E-state index in [1.165, 1.54) is 57.9 Å². The van der Waals surface area contributed by atoms with Crippen molar-refractivity contribution < 1.29 is 0 Å². The van der Waals surface area contributed by atoms with E-state index in [0.29, 0.717) is 0 Å². The maximum Gasteiger partial charge on any atom is 0.00414 e. The number of hydrogen-bond acceptors (Lipinski definition) is 1. The van der Waals surface area contributed by atoms with E-state index in [1.807, 2.05) is 0 Å². The van der Waals surface area contributed by atoms with Crippen molar-refractivity contribution in [2.45, 2.75) is 71.3 Å². The van der Waals surface area contributed by atoms with Gasteiger partial charge in [-0.1, -0.05) is 39.0 Å². The van der Waals surface area contributed by atoms with Crippen LogP contribution in [0.15, 0.2) is 0 Å². The Morgan fingerprint density at radius 1 is 1.00 bits per heavy atom. The zero-order valence-electron chi connectivity index (χ0n) is 11.2.